The van der Waals surface area contributed by atoms with Gasteiger partial charge in [-0.2, -0.15) is 0 Å². The third-order valence-electron chi connectivity index (χ3n) is 1.69. The van der Waals surface area contributed by atoms with Crippen molar-refractivity contribution in [3.8, 4) is 0 Å². The number of aliphatic hydroxyl groups is 1. The first-order valence-corrected chi connectivity index (χ1v) is 4.98. The molecule has 2 unspecified atom stereocenters. The second-order valence-electron chi connectivity index (χ2n) is 4.31. The Kier molecular flexibility index (Phi) is 5.29. The molecule has 0 bridgehead atoms. The Bertz CT molecular complexity index is 248. The van der Waals surface area contributed by atoms with Crippen molar-refractivity contribution in [2.24, 2.45) is 5.92 Å². The number of hydrogen-bond donors (Lipinski definition) is 1. The van der Waals surface area contributed by atoms with Gasteiger partial charge in [0.2, 0.25) is 0 Å². The van der Waals surface area contributed by atoms with Crippen LogP contribution in [0.5, 0.6) is 0 Å². The summed E-state index contributed by atoms with van der Waals surface area (Å²) in [7, 11) is 0. The average Bonchev–Trinajstić information content (AvgIpc) is 2.02. The predicted molar refractivity (Wildman–Crippen MR) is 60.4 cm³/mol. The molecule has 3 heteroatoms. The van der Waals surface area contributed by atoms with Crippen molar-refractivity contribution >= 4 is 5.97 Å². The normalized spacial score (nSPS) is 16.1. The fraction of sp³-hybridized carbons (Fsp3) is 0.583. The third-order valence-corrected chi connectivity index (χ3v) is 1.69. The standard InChI is InChI=1S/C12H20O3/c1-6-8-10(13)9(7-2)11(14)15-12(3,4)5/h6-10,13H,2H2,1,3-5H3/b8-6+. The van der Waals surface area contributed by atoms with Gasteiger partial charge in [-0.3, -0.25) is 4.79 Å². The van der Waals surface area contributed by atoms with Crippen molar-refractivity contribution in [3.63, 3.8) is 0 Å². The number of esters is 1. The molecule has 0 saturated heterocycles. The number of ether oxygens (including phenoxy) is 1. The molecule has 2 atom stereocenters. The maximum Gasteiger partial charge on any atom is 0.316 e. The highest BCUT2D eigenvalue weighted by atomic mass is 16.6. The highest BCUT2D eigenvalue weighted by Gasteiger charge is 2.27. The monoisotopic (exact) mass is 212 g/mol. The molecule has 0 aromatic heterocycles. The van der Waals surface area contributed by atoms with Gasteiger partial charge in [0.1, 0.15) is 11.5 Å². The van der Waals surface area contributed by atoms with E-state index in [-0.39, 0.29) is 0 Å². The number of hydrogen-bond acceptors (Lipinski definition) is 3. The smallest absolute Gasteiger partial charge is 0.316 e. The quantitative estimate of drug-likeness (QED) is 0.573. The molecule has 0 fully saturated rings. The number of allylic oxidation sites excluding steroid dienone is 1. The number of rotatable bonds is 4. The van der Waals surface area contributed by atoms with E-state index in [1.807, 2.05) is 0 Å². The SMILES string of the molecule is C=CC(C(=O)OC(C)(C)C)C(O)/C=C/C. The van der Waals surface area contributed by atoms with Crippen LogP contribution in [0, 0.1) is 5.92 Å². The second-order valence-corrected chi connectivity index (χ2v) is 4.31. The van der Waals surface area contributed by atoms with Crippen LogP contribution in [0.25, 0.3) is 0 Å². The fourth-order valence-corrected chi connectivity index (χ4v) is 1.06. The molecule has 0 spiro atoms. The minimum atomic E-state index is -0.873. The van der Waals surface area contributed by atoms with Gasteiger partial charge in [-0.15, -0.1) is 6.58 Å². The van der Waals surface area contributed by atoms with E-state index in [0.29, 0.717) is 0 Å². The van der Waals surface area contributed by atoms with Crippen molar-refractivity contribution in [2.75, 3.05) is 0 Å². The largest absolute Gasteiger partial charge is 0.459 e. The van der Waals surface area contributed by atoms with E-state index in [1.54, 1.807) is 33.8 Å². The molecule has 0 saturated carbocycles. The highest BCUT2D eigenvalue weighted by molar-refractivity contribution is 5.75. The molecule has 0 amide bonds. The van der Waals surface area contributed by atoms with Gasteiger partial charge in [0.05, 0.1) is 6.10 Å². The lowest BCUT2D eigenvalue weighted by Gasteiger charge is -2.23. The molecule has 0 rings (SSSR count). The van der Waals surface area contributed by atoms with Crippen molar-refractivity contribution in [3.05, 3.63) is 24.8 Å². The highest BCUT2D eigenvalue weighted by Crippen LogP contribution is 2.15. The Morgan fingerprint density at radius 2 is 2.00 bits per heavy atom. The Hall–Kier alpha value is -1.09. The van der Waals surface area contributed by atoms with Crippen molar-refractivity contribution in [1.82, 2.24) is 0 Å². The summed E-state index contributed by atoms with van der Waals surface area (Å²) >= 11 is 0. The van der Waals surface area contributed by atoms with Gasteiger partial charge in [0.15, 0.2) is 0 Å². The minimum Gasteiger partial charge on any atom is -0.459 e. The van der Waals surface area contributed by atoms with Gasteiger partial charge in [-0.25, -0.2) is 0 Å². The van der Waals surface area contributed by atoms with E-state index in [1.165, 1.54) is 12.2 Å². The predicted octanol–water partition coefficient (Wildman–Crippen LogP) is 2.07. The summed E-state index contributed by atoms with van der Waals surface area (Å²) in [5.74, 6) is -1.16. The molecule has 1 N–H and O–H groups in total. The van der Waals surface area contributed by atoms with Crippen LogP contribution >= 0.6 is 0 Å². The fourth-order valence-electron chi connectivity index (χ4n) is 1.06. The van der Waals surface area contributed by atoms with E-state index < -0.39 is 23.6 Å². The minimum absolute atomic E-state index is 0.455. The van der Waals surface area contributed by atoms with Gasteiger partial charge in [0, 0.05) is 0 Å². The summed E-state index contributed by atoms with van der Waals surface area (Å²) < 4.78 is 5.15. The lowest BCUT2D eigenvalue weighted by molar-refractivity contribution is -0.160. The van der Waals surface area contributed by atoms with Crippen molar-refractivity contribution in [1.29, 1.82) is 0 Å². The Labute approximate surface area is 91.4 Å². The topological polar surface area (TPSA) is 46.5 Å². The summed E-state index contributed by atoms with van der Waals surface area (Å²) in [6, 6.07) is 0. The molecule has 15 heavy (non-hydrogen) atoms. The molecule has 0 aliphatic carbocycles. The summed E-state index contributed by atoms with van der Waals surface area (Å²) in [6.07, 6.45) is 3.75. The van der Waals surface area contributed by atoms with Crippen LogP contribution in [-0.2, 0) is 9.53 Å². The summed E-state index contributed by atoms with van der Waals surface area (Å²) in [5.41, 5.74) is -0.548. The molecule has 0 heterocycles. The van der Waals surface area contributed by atoms with Crippen LogP contribution in [0.3, 0.4) is 0 Å². The number of carbonyl (C=O) groups excluding carboxylic acids is 1. The summed E-state index contributed by atoms with van der Waals surface area (Å²) in [4.78, 5) is 11.6. The van der Waals surface area contributed by atoms with Gasteiger partial charge in [-0.05, 0) is 27.7 Å². The maximum atomic E-state index is 11.6. The first-order valence-electron chi connectivity index (χ1n) is 4.98. The zero-order valence-corrected chi connectivity index (χ0v) is 9.86. The molecule has 0 aliphatic heterocycles. The van der Waals surface area contributed by atoms with E-state index in [2.05, 4.69) is 6.58 Å². The van der Waals surface area contributed by atoms with Crippen LogP contribution in [0.4, 0.5) is 0 Å². The van der Waals surface area contributed by atoms with Crippen molar-refractivity contribution in [2.45, 2.75) is 39.4 Å². The van der Waals surface area contributed by atoms with Crippen LogP contribution in [0.2, 0.25) is 0 Å². The number of aliphatic hydroxyl groups excluding tert-OH is 1. The van der Waals surface area contributed by atoms with E-state index in [0.717, 1.165) is 0 Å². The zero-order valence-electron chi connectivity index (χ0n) is 9.86. The van der Waals surface area contributed by atoms with Gasteiger partial charge in [0.25, 0.3) is 0 Å². The zero-order chi connectivity index (χ0) is 12.1. The maximum absolute atomic E-state index is 11.6. The summed E-state index contributed by atoms with van der Waals surface area (Å²) in [6.45, 7) is 10.7. The van der Waals surface area contributed by atoms with E-state index in [4.69, 9.17) is 4.74 Å². The average molecular weight is 212 g/mol. The van der Waals surface area contributed by atoms with Gasteiger partial charge < -0.3 is 9.84 Å². The Balaban J connectivity index is 4.55. The Morgan fingerprint density at radius 1 is 1.47 bits per heavy atom. The molecular formula is C12H20O3. The van der Waals surface area contributed by atoms with Crippen LogP contribution in [-0.4, -0.2) is 22.8 Å². The van der Waals surface area contributed by atoms with Gasteiger partial charge in [-0.1, -0.05) is 18.2 Å². The van der Waals surface area contributed by atoms with Crippen LogP contribution < -0.4 is 0 Å². The van der Waals surface area contributed by atoms with E-state index in [9.17, 15) is 9.90 Å². The third kappa shape index (κ3) is 5.37. The van der Waals surface area contributed by atoms with Crippen LogP contribution in [0.1, 0.15) is 27.7 Å². The number of carbonyl (C=O) groups is 1. The van der Waals surface area contributed by atoms with E-state index >= 15 is 0 Å². The lowest BCUT2D eigenvalue weighted by Crippen LogP contribution is -2.33. The van der Waals surface area contributed by atoms with Crippen molar-refractivity contribution < 1.29 is 14.6 Å². The molecule has 0 aliphatic rings. The molecular weight excluding hydrogens is 192 g/mol. The first-order chi connectivity index (χ1) is 6.81. The molecule has 0 radical (unpaired) electrons. The first kappa shape index (κ1) is 13.9. The molecule has 86 valence electrons. The van der Waals surface area contributed by atoms with Crippen LogP contribution in [0.15, 0.2) is 24.8 Å². The Morgan fingerprint density at radius 3 is 2.33 bits per heavy atom. The molecule has 3 nitrogen and oxygen atoms in total. The lowest BCUT2D eigenvalue weighted by atomic mass is 10.0. The second kappa shape index (κ2) is 5.71. The molecule has 0 aromatic carbocycles. The summed E-state index contributed by atoms with van der Waals surface area (Å²) in [5, 5.41) is 9.62. The van der Waals surface area contributed by atoms with Gasteiger partial charge >= 0.3 is 5.97 Å². The molecule has 0 aromatic rings.